The Morgan fingerprint density at radius 2 is 1.76 bits per heavy atom. The fraction of sp³-hybridized carbons (Fsp3) is 0.304. The molecule has 0 atom stereocenters. The molecule has 0 unspecified atom stereocenters. The summed E-state index contributed by atoms with van der Waals surface area (Å²) in [6, 6.07) is 7.15. The summed E-state index contributed by atoms with van der Waals surface area (Å²) in [6.07, 6.45) is 0. The zero-order chi connectivity index (χ0) is 24.3. The first-order valence-corrected chi connectivity index (χ1v) is 11.1. The summed E-state index contributed by atoms with van der Waals surface area (Å²) in [5, 5.41) is 11.6. The lowest BCUT2D eigenvalue weighted by atomic mass is 10.1. The number of ether oxygens (including phenoxy) is 2. The minimum atomic E-state index is -0.701. The van der Waals surface area contributed by atoms with E-state index in [4.69, 9.17) is 19.3 Å². The van der Waals surface area contributed by atoms with Crippen LogP contribution >= 0.6 is 11.3 Å². The molecular weight excluding hydrogens is 446 g/mol. The van der Waals surface area contributed by atoms with Gasteiger partial charge in [0, 0.05) is 30.2 Å². The molecule has 3 aromatic rings. The van der Waals surface area contributed by atoms with E-state index in [0.717, 1.165) is 30.1 Å². The summed E-state index contributed by atoms with van der Waals surface area (Å²) < 4.78 is 15.2. The molecule has 1 amide bonds. The fourth-order valence-corrected chi connectivity index (χ4v) is 4.59. The molecule has 9 nitrogen and oxygen atoms in total. The molecule has 0 saturated heterocycles. The van der Waals surface area contributed by atoms with Gasteiger partial charge in [-0.1, -0.05) is 0 Å². The molecule has 2 aromatic heterocycles. The molecule has 0 fully saturated rings. The zero-order valence-electron chi connectivity index (χ0n) is 19.0. The van der Waals surface area contributed by atoms with Crippen LogP contribution < -0.4 is 15.8 Å². The molecule has 33 heavy (non-hydrogen) atoms. The quantitative estimate of drug-likeness (QED) is 0.500. The van der Waals surface area contributed by atoms with Crippen molar-refractivity contribution in [1.82, 2.24) is 0 Å². The Morgan fingerprint density at radius 3 is 2.36 bits per heavy atom. The highest BCUT2D eigenvalue weighted by molar-refractivity contribution is 7.18. The lowest BCUT2D eigenvalue weighted by molar-refractivity contribution is 0.0601. The number of anilines is 2. The number of hydrogen-bond donors (Lipinski definition) is 2. The van der Waals surface area contributed by atoms with Gasteiger partial charge in [-0.3, -0.25) is 10.2 Å². The average Bonchev–Trinajstić information content (AvgIpc) is 3.13. The third-order valence-electron chi connectivity index (χ3n) is 5.26. The van der Waals surface area contributed by atoms with Crippen LogP contribution in [0.2, 0.25) is 0 Å². The molecule has 1 aromatic carbocycles. The molecule has 0 aliphatic rings. The number of methoxy groups -OCH3 is 2. The predicted octanol–water partition coefficient (Wildman–Crippen LogP) is 3.95. The van der Waals surface area contributed by atoms with Gasteiger partial charge in [0.15, 0.2) is 0 Å². The van der Waals surface area contributed by atoms with Crippen molar-refractivity contribution in [2.24, 2.45) is 0 Å². The van der Waals surface area contributed by atoms with Crippen LogP contribution in [0, 0.1) is 12.3 Å². The third kappa shape index (κ3) is 4.61. The molecule has 0 aliphatic heterocycles. The second-order valence-electron chi connectivity index (χ2n) is 7.08. The maximum atomic E-state index is 13.0. The average molecular weight is 472 g/mol. The molecule has 0 spiro atoms. The normalized spacial score (nSPS) is 10.7. The molecular formula is C23H25N3O6S. The van der Waals surface area contributed by atoms with Crippen molar-refractivity contribution in [2.45, 2.75) is 20.8 Å². The monoisotopic (exact) mass is 471 g/mol. The van der Waals surface area contributed by atoms with E-state index in [0.29, 0.717) is 16.5 Å². The van der Waals surface area contributed by atoms with Gasteiger partial charge in [-0.2, -0.15) is 0 Å². The third-order valence-corrected chi connectivity index (χ3v) is 6.45. The van der Waals surface area contributed by atoms with E-state index in [2.05, 4.69) is 24.1 Å². The number of nitrogens with zero attached hydrogens (tertiary/aromatic N) is 1. The van der Waals surface area contributed by atoms with Crippen molar-refractivity contribution < 1.29 is 28.3 Å². The first kappa shape index (κ1) is 24.0. The van der Waals surface area contributed by atoms with Crippen molar-refractivity contribution in [2.75, 3.05) is 37.5 Å². The summed E-state index contributed by atoms with van der Waals surface area (Å²) in [7, 11) is 2.44. The Labute approximate surface area is 194 Å². The SMILES string of the molecule is CCN(CC)c1ccc2cc(C(=O)Nc3sc(C(=O)OC)c(C)c3C(=O)OC)c(=N)oc2c1. The molecule has 0 aliphatic carbocycles. The van der Waals surface area contributed by atoms with Gasteiger partial charge in [-0.05, 0) is 44.5 Å². The molecule has 0 saturated carbocycles. The Balaban J connectivity index is 2.01. The lowest BCUT2D eigenvalue weighted by Gasteiger charge is -2.21. The highest BCUT2D eigenvalue weighted by atomic mass is 32.1. The Bertz CT molecular complexity index is 1290. The van der Waals surface area contributed by atoms with E-state index in [1.54, 1.807) is 13.0 Å². The minimum Gasteiger partial charge on any atom is -0.465 e. The second-order valence-corrected chi connectivity index (χ2v) is 8.10. The molecule has 174 valence electrons. The van der Waals surface area contributed by atoms with E-state index in [-0.39, 0.29) is 26.6 Å². The van der Waals surface area contributed by atoms with Gasteiger partial charge in [-0.15, -0.1) is 11.3 Å². The Kier molecular flexibility index (Phi) is 7.17. The highest BCUT2D eigenvalue weighted by Crippen LogP contribution is 2.34. The van der Waals surface area contributed by atoms with Crippen LogP contribution in [-0.4, -0.2) is 45.2 Å². The highest BCUT2D eigenvalue weighted by Gasteiger charge is 2.27. The lowest BCUT2D eigenvalue weighted by Crippen LogP contribution is -2.22. The van der Waals surface area contributed by atoms with E-state index in [1.807, 2.05) is 18.2 Å². The van der Waals surface area contributed by atoms with Gasteiger partial charge in [0.25, 0.3) is 5.91 Å². The van der Waals surface area contributed by atoms with Crippen LogP contribution in [0.4, 0.5) is 10.7 Å². The summed E-state index contributed by atoms with van der Waals surface area (Å²) in [5.74, 6) is -1.98. The van der Waals surface area contributed by atoms with Gasteiger partial charge in [0.2, 0.25) is 5.55 Å². The van der Waals surface area contributed by atoms with E-state index in [1.165, 1.54) is 14.2 Å². The molecule has 0 bridgehead atoms. The maximum Gasteiger partial charge on any atom is 0.348 e. The van der Waals surface area contributed by atoms with Crippen molar-refractivity contribution in [3.05, 3.63) is 51.4 Å². The van der Waals surface area contributed by atoms with E-state index >= 15 is 0 Å². The summed E-state index contributed by atoms with van der Waals surface area (Å²) in [5.41, 5.74) is 1.50. The number of thiophene rings is 1. The molecule has 0 radical (unpaired) electrons. The number of fused-ring (bicyclic) bond motifs is 1. The minimum absolute atomic E-state index is 0.0143. The van der Waals surface area contributed by atoms with E-state index in [9.17, 15) is 14.4 Å². The van der Waals surface area contributed by atoms with Crippen molar-refractivity contribution in [3.63, 3.8) is 0 Å². The second kappa shape index (κ2) is 9.86. The van der Waals surface area contributed by atoms with Gasteiger partial charge in [-0.25, -0.2) is 9.59 Å². The van der Waals surface area contributed by atoms with Crippen molar-refractivity contribution >= 4 is 50.8 Å². The van der Waals surface area contributed by atoms with Crippen LogP contribution in [0.3, 0.4) is 0 Å². The number of rotatable bonds is 7. The van der Waals surface area contributed by atoms with Gasteiger partial charge < -0.3 is 24.1 Å². The number of esters is 2. The largest absolute Gasteiger partial charge is 0.465 e. The number of carbonyl (C=O) groups excluding carboxylic acids is 3. The number of carbonyl (C=O) groups is 3. The number of nitrogens with one attached hydrogen (secondary N) is 2. The summed E-state index contributed by atoms with van der Waals surface area (Å²) in [4.78, 5) is 39.7. The Hall–Kier alpha value is -3.66. The fourth-order valence-electron chi connectivity index (χ4n) is 3.48. The molecule has 2 N–H and O–H groups in total. The van der Waals surface area contributed by atoms with Crippen LogP contribution in [-0.2, 0) is 9.47 Å². The summed E-state index contributed by atoms with van der Waals surface area (Å²) >= 11 is 0.900. The predicted molar refractivity (Wildman–Crippen MR) is 125 cm³/mol. The topological polar surface area (TPSA) is 122 Å². The molecule has 10 heteroatoms. The Morgan fingerprint density at radius 1 is 1.09 bits per heavy atom. The number of benzene rings is 1. The summed E-state index contributed by atoms with van der Waals surface area (Å²) in [6.45, 7) is 7.32. The van der Waals surface area contributed by atoms with Crippen molar-refractivity contribution in [1.29, 1.82) is 5.41 Å². The number of hydrogen-bond acceptors (Lipinski definition) is 9. The van der Waals surface area contributed by atoms with Gasteiger partial charge in [0.05, 0.1) is 19.8 Å². The van der Waals surface area contributed by atoms with Crippen molar-refractivity contribution in [3.8, 4) is 0 Å². The van der Waals surface area contributed by atoms with Crippen LogP contribution in [0.15, 0.2) is 28.7 Å². The van der Waals surface area contributed by atoms with Crippen LogP contribution in [0.1, 0.15) is 49.8 Å². The first-order chi connectivity index (χ1) is 15.7. The number of amides is 1. The first-order valence-electron chi connectivity index (χ1n) is 10.2. The van der Waals surface area contributed by atoms with E-state index < -0.39 is 17.8 Å². The van der Waals surface area contributed by atoms with Gasteiger partial charge >= 0.3 is 11.9 Å². The molecule has 3 rings (SSSR count). The zero-order valence-corrected chi connectivity index (χ0v) is 19.8. The maximum absolute atomic E-state index is 13.0. The van der Waals surface area contributed by atoms with Crippen LogP contribution in [0.5, 0.6) is 0 Å². The van der Waals surface area contributed by atoms with Crippen LogP contribution in [0.25, 0.3) is 11.0 Å². The molecule has 2 heterocycles. The standard InChI is InChI=1S/C23H25N3O6S/c1-6-26(7-2)14-9-8-13-10-15(19(24)32-16(13)11-14)20(27)25-21-17(22(28)30-4)12(3)18(33-21)23(29)31-5/h8-11,24H,6-7H2,1-5H3,(H,25,27). The smallest absolute Gasteiger partial charge is 0.348 e. The van der Waals surface area contributed by atoms with Gasteiger partial charge in [0.1, 0.15) is 21.0 Å².